The molecule has 0 saturated heterocycles. The Balaban J connectivity index is 2.04. The summed E-state index contributed by atoms with van der Waals surface area (Å²) in [6, 6.07) is 12.2. The SMILES string of the molecule is CCCCC(=O)Nc1cccc(NC(=O)c2ccc(OC)c(Br)c2)c1. The first-order valence-electron chi connectivity index (χ1n) is 8.08. The molecular weight excluding hydrogens is 384 g/mol. The minimum atomic E-state index is -0.238. The summed E-state index contributed by atoms with van der Waals surface area (Å²) >= 11 is 3.37. The quantitative estimate of drug-likeness (QED) is 0.693. The van der Waals surface area contributed by atoms with Crippen molar-refractivity contribution in [3.63, 3.8) is 0 Å². The zero-order chi connectivity index (χ0) is 18.2. The van der Waals surface area contributed by atoms with E-state index in [0.717, 1.165) is 12.8 Å². The van der Waals surface area contributed by atoms with Gasteiger partial charge in [-0.25, -0.2) is 0 Å². The van der Waals surface area contributed by atoms with Crippen molar-refractivity contribution in [1.29, 1.82) is 0 Å². The van der Waals surface area contributed by atoms with Gasteiger partial charge in [-0.3, -0.25) is 9.59 Å². The summed E-state index contributed by atoms with van der Waals surface area (Å²) in [5.41, 5.74) is 1.78. The zero-order valence-corrected chi connectivity index (χ0v) is 15.9. The average molecular weight is 405 g/mol. The monoisotopic (exact) mass is 404 g/mol. The van der Waals surface area contributed by atoms with Gasteiger partial charge in [0, 0.05) is 23.4 Å². The fourth-order valence-corrected chi connectivity index (χ4v) is 2.79. The molecule has 0 fully saturated rings. The van der Waals surface area contributed by atoms with E-state index in [2.05, 4.69) is 26.6 Å². The zero-order valence-electron chi connectivity index (χ0n) is 14.3. The van der Waals surface area contributed by atoms with Crippen LogP contribution in [0.1, 0.15) is 36.5 Å². The molecule has 2 rings (SSSR count). The molecule has 2 aromatic rings. The molecule has 0 radical (unpaired) electrons. The molecule has 2 amide bonds. The second-order valence-corrected chi connectivity index (χ2v) is 6.39. The summed E-state index contributed by atoms with van der Waals surface area (Å²) in [4.78, 5) is 24.2. The van der Waals surface area contributed by atoms with Gasteiger partial charge in [-0.15, -0.1) is 0 Å². The Kier molecular flexibility index (Phi) is 7.01. The van der Waals surface area contributed by atoms with E-state index in [9.17, 15) is 9.59 Å². The van der Waals surface area contributed by atoms with Gasteiger partial charge in [-0.1, -0.05) is 19.4 Å². The molecule has 0 saturated carbocycles. The highest BCUT2D eigenvalue weighted by Gasteiger charge is 2.10. The third-order valence-corrected chi connectivity index (χ3v) is 4.20. The summed E-state index contributed by atoms with van der Waals surface area (Å²) in [5, 5.41) is 5.67. The van der Waals surface area contributed by atoms with E-state index >= 15 is 0 Å². The van der Waals surface area contributed by atoms with E-state index in [-0.39, 0.29) is 11.8 Å². The van der Waals surface area contributed by atoms with Gasteiger partial charge in [0.1, 0.15) is 5.75 Å². The van der Waals surface area contributed by atoms with E-state index in [0.29, 0.717) is 33.6 Å². The number of benzene rings is 2. The van der Waals surface area contributed by atoms with Crippen LogP contribution in [0, 0.1) is 0 Å². The number of hydrogen-bond donors (Lipinski definition) is 2. The summed E-state index contributed by atoms with van der Waals surface area (Å²) < 4.78 is 5.87. The normalized spacial score (nSPS) is 10.2. The van der Waals surface area contributed by atoms with Crippen molar-refractivity contribution in [3.05, 3.63) is 52.5 Å². The largest absolute Gasteiger partial charge is 0.496 e. The van der Waals surface area contributed by atoms with Crippen molar-refractivity contribution in [2.75, 3.05) is 17.7 Å². The fourth-order valence-electron chi connectivity index (χ4n) is 2.25. The van der Waals surface area contributed by atoms with Crippen LogP contribution in [0.4, 0.5) is 11.4 Å². The third-order valence-electron chi connectivity index (χ3n) is 3.58. The molecule has 2 N–H and O–H groups in total. The number of anilines is 2. The molecule has 0 heterocycles. The molecule has 0 unspecified atom stereocenters. The Morgan fingerprint density at radius 2 is 1.80 bits per heavy atom. The second kappa shape index (κ2) is 9.22. The lowest BCUT2D eigenvalue weighted by Gasteiger charge is -2.10. The van der Waals surface area contributed by atoms with Gasteiger partial charge >= 0.3 is 0 Å². The molecule has 0 aliphatic heterocycles. The topological polar surface area (TPSA) is 67.4 Å². The van der Waals surface area contributed by atoms with Crippen molar-refractivity contribution < 1.29 is 14.3 Å². The van der Waals surface area contributed by atoms with E-state index in [4.69, 9.17) is 4.74 Å². The van der Waals surface area contributed by atoms with Crippen LogP contribution in [-0.4, -0.2) is 18.9 Å². The van der Waals surface area contributed by atoms with Gasteiger partial charge in [0.25, 0.3) is 5.91 Å². The van der Waals surface area contributed by atoms with Crippen LogP contribution in [0.2, 0.25) is 0 Å². The maximum Gasteiger partial charge on any atom is 0.255 e. The average Bonchev–Trinajstić information content (AvgIpc) is 2.60. The van der Waals surface area contributed by atoms with Crippen molar-refractivity contribution in [1.82, 2.24) is 0 Å². The van der Waals surface area contributed by atoms with Gasteiger partial charge in [0.05, 0.1) is 11.6 Å². The molecular formula is C19H21BrN2O3. The molecule has 6 heteroatoms. The maximum atomic E-state index is 12.4. The molecule has 0 aliphatic carbocycles. The lowest BCUT2D eigenvalue weighted by atomic mass is 10.2. The van der Waals surface area contributed by atoms with Gasteiger partial charge in [0.2, 0.25) is 5.91 Å². The molecule has 0 bridgehead atoms. The van der Waals surface area contributed by atoms with Gasteiger partial charge in [-0.05, 0) is 58.7 Å². The first kappa shape index (κ1) is 19.0. The predicted octanol–water partition coefficient (Wildman–Crippen LogP) is 4.84. The van der Waals surface area contributed by atoms with E-state index in [1.54, 1.807) is 49.6 Å². The molecule has 2 aromatic carbocycles. The Morgan fingerprint density at radius 3 is 2.44 bits per heavy atom. The van der Waals surface area contributed by atoms with Crippen molar-refractivity contribution in [2.24, 2.45) is 0 Å². The lowest BCUT2D eigenvalue weighted by Crippen LogP contribution is -2.13. The smallest absolute Gasteiger partial charge is 0.255 e. The van der Waals surface area contributed by atoms with Crippen molar-refractivity contribution >= 4 is 39.1 Å². The Labute approximate surface area is 155 Å². The molecule has 132 valence electrons. The number of halogens is 1. The summed E-state index contributed by atoms with van der Waals surface area (Å²) in [5.74, 6) is 0.399. The van der Waals surface area contributed by atoms with Crippen LogP contribution >= 0.6 is 15.9 Å². The number of ether oxygens (including phenoxy) is 1. The Bertz CT molecular complexity index is 762. The molecule has 0 spiro atoms. The van der Waals surface area contributed by atoms with Crippen molar-refractivity contribution in [2.45, 2.75) is 26.2 Å². The van der Waals surface area contributed by atoms with E-state index in [1.807, 2.05) is 6.92 Å². The first-order valence-corrected chi connectivity index (χ1v) is 8.87. The highest BCUT2D eigenvalue weighted by molar-refractivity contribution is 9.10. The third kappa shape index (κ3) is 5.60. The molecule has 0 atom stereocenters. The predicted molar refractivity (Wildman–Crippen MR) is 103 cm³/mol. The highest BCUT2D eigenvalue weighted by Crippen LogP contribution is 2.26. The molecule has 25 heavy (non-hydrogen) atoms. The molecule has 0 aromatic heterocycles. The standard InChI is InChI=1S/C19H21BrN2O3/c1-3-4-8-18(23)21-14-6-5-7-15(12-14)22-19(24)13-9-10-17(25-2)16(20)11-13/h5-7,9-12H,3-4,8H2,1-2H3,(H,21,23)(H,22,24). The van der Waals surface area contributed by atoms with Crippen LogP contribution < -0.4 is 15.4 Å². The van der Waals surface area contributed by atoms with E-state index < -0.39 is 0 Å². The van der Waals surface area contributed by atoms with Crippen LogP contribution in [0.15, 0.2) is 46.9 Å². The Hall–Kier alpha value is -2.34. The van der Waals surface area contributed by atoms with Crippen LogP contribution in [0.3, 0.4) is 0 Å². The van der Waals surface area contributed by atoms with Crippen LogP contribution in [-0.2, 0) is 4.79 Å². The number of carbonyl (C=O) groups excluding carboxylic acids is 2. The maximum absolute atomic E-state index is 12.4. The number of nitrogens with one attached hydrogen (secondary N) is 2. The number of rotatable bonds is 7. The number of carbonyl (C=O) groups is 2. The van der Waals surface area contributed by atoms with Gasteiger partial charge in [-0.2, -0.15) is 0 Å². The summed E-state index contributed by atoms with van der Waals surface area (Å²) in [6.45, 7) is 2.04. The number of methoxy groups -OCH3 is 1. The van der Waals surface area contributed by atoms with Crippen molar-refractivity contribution in [3.8, 4) is 5.75 Å². The molecule has 0 aliphatic rings. The van der Waals surface area contributed by atoms with Crippen LogP contribution in [0.5, 0.6) is 5.75 Å². The van der Waals surface area contributed by atoms with Crippen LogP contribution in [0.25, 0.3) is 0 Å². The van der Waals surface area contributed by atoms with Gasteiger partial charge < -0.3 is 15.4 Å². The Morgan fingerprint density at radius 1 is 1.08 bits per heavy atom. The fraction of sp³-hybridized carbons (Fsp3) is 0.263. The summed E-state index contributed by atoms with van der Waals surface area (Å²) in [7, 11) is 1.57. The highest BCUT2D eigenvalue weighted by atomic mass is 79.9. The second-order valence-electron chi connectivity index (χ2n) is 5.54. The summed E-state index contributed by atoms with van der Waals surface area (Å²) in [6.07, 6.45) is 2.32. The molecule has 5 nitrogen and oxygen atoms in total. The number of unbranched alkanes of at least 4 members (excludes halogenated alkanes) is 1. The lowest BCUT2D eigenvalue weighted by molar-refractivity contribution is -0.116. The van der Waals surface area contributed by atoms with Gasteiger partial charge in [0.15, 0.2) is 0 Å². The minimum Gasteiger partial charge on any atom is -0.496 e. The number of hydrogen-bond acceptors (Lipinski definition) is 3. The van der Waals surface area contributed by atoms with E-state index in [1.165, 1.54) is 0 Å². The first-order chi connectivity index (χ1) is 12.0. The minimum absolute atomic E-state index is 0.0237. The number of amides is 2.